The van der Waals surface area contributed by atoms with Crippen LogP contribution >= 0.6 is 0 Å². The Labute approximate surface area is 164 Å². The highest BCUT2D eigenvalue weighted by Crippen LogP contribution is 2.32. The zero-order chi connectivity index (χ0) is 21.0. The predicted octanol–water partition coefficient (Wildman–Crippen LogP) is 4.68. The fraction of sp³-hybridized carbons (Fsp3) is 0.0500. The van der Waals surface area contributed by atoms with Crippen LogP contribution in [0, 0.1) is 20.2 Å². The highest BCUT2D eigenvalue weighted by atomic mass is 16.7. The number of rotatable bonds is 6. The largest absolute Gasteiger partial charge is 0.508 e. The number of non-ortho nitro benzene ring substituents is 1. The third-order valence-electron chi connectivity index (χ3n) is 4.10. The second-order valence-electron chi connectivity index (χ2n) is 6.03. The van der Waals surface area contributed by atoms with E-state index in [1.165, 1.54) is 0 Å². The molecule has 0 fully saturated rings. The maximum atomic E-state index is 11.2. The van der Waals surface area contributed by atoms with E-state index in [-0.39, 0.29) is 11.5 Å². The normalized spacial score (nSPS) is 11.1. The summed E-state index contributed by atoms with van der Waals surface area (Å²) in [4.78, 5) is 25.8. The summed E-state index contributed by atoms with van der Waals surface area (Å²) in [6.07, 6.45) is 0. The Hall–Kier alpha value is -4.27. The van der Waals surface area contributed by atoms with Gasteiger partial charge in [-0.2, -0.15) is 0 Å². The summed E-state index contributed by atoms with van der Waals surface area (Å²) in [6.45, 7) is 1.67. The molecule has 0 aromatic heterocycles. The van der Waals surface area contributed by atoms with Gasteiger partial charge in [0.05, 0.1) is 21.6 Å². The topological polar surface area (TPSA) is 128 Å². The van der Waals surface area contributed by atoms with Gasteiger partial charge in [-0.25, -0.2) is 0 Å². The van der Waals surface area contributed by atoms with Crippen molar-refractivity contribution < 1.29 is 19.8 Å². The molecule has 0 bridgehead atoms. The van der Waals surface area contributed by atoms with E-state index in [0.29, 0.717) is 11.3 Å². The fourth-order valence-electron chi connectivity index (χ4n) is 2.73. The molecule has 29 heavy (non-hydrogen) atoms. The molecule has 146 valence electrons. The first-order chi connectivity index (χ1) is 13.9. The minimum Gasteiger partial charge on any atom is -0.508 e. The average Bonchev–Trinajstić information content (AvgIpc) is 2.71. The molecule has 0 radical (unpaired) electrons. The maximum absolute atomic E-state index is 11.2. The van der Waals surface area contributed by atoms with Crippen LogP contribution in [0.4, 0.5) is 11.4 Å². The highest BCUT2D eigenvalue weighted by molar-refractivity contribution is 6.04. The van der Waals surface area contributed by atoms with Crippen LogP contribution in [0.3, 0.4) is 0 Å². The second-order valence-corrected chi connectivity index (χ2v) is 6.03. The molecule has 0 heterocycles. The van der Waals surface area contributed by atoms with E-state index in [1.54, 1.807) is 37.3 Å². The lowest BCUT2D eigenvalue weighted by atomic mass is 9.97. The van der Waals surface area contributed by atoms with Crippen molar-refractivity contribution in [2.75, 3.05) is 0 Å². The first kappa shape index (κ1) is 19.5. The lowest BCUT2D eigenvalue weighted by molar-refractivity contribution is -0.394. The molecule has 0 spiro atoms. The van der Waals surface area contributed by atoms with E-state index < -0.39 is 21.2 Å². The van der Waals surface area contributed by atoms with E-state index in [9.17, 15) is 25.3 Å². The third kappa shape index (κ3) is 4.35. The van der Waals surface area contributed by atoms with E-state index in [4.69, 9.17) is 4.84 Å². The number of hydrogen-bond donors (Lipinski definition) is 1. The number of nitro groups is 2. The first-order valence-electron chi connectivity index (χ1n) is 8.40. The Morgan fingerprint density at radius 3 is 2.41 bits per heavy atom. The molecule has 3 rings (SSSR count). The molecule has 0 saturated carbocycles. The first-order valence-corrected chi connectivity index (χ1v) is 8.40. The lowest BCUT2D eigenvalue weighted by Gasteiger charge is -2.10. The molecule has 0 aliphatic carbocycles. The van der Waals surface area contributed by atoms with Crippen molar-refractivity contribution in [3.8, 4) is 22.6 Å². The van der Waals surface area contributed by atoms with Crippen LogP contribution in [-0.4, -0.2) is 20.7 Å². The van der Waals surface area contributed by atoms with E-state index in [0.717, 1.165) is 29.3 Å². The predicted molar refractivity (Wildman–Crippen MR) is 106 cm³/mol. The number of hydrogen-bond acceptors (Lipinski definition) is 7. The zero-order valence-corrected chi connectivity index (χ0v) is 15.2. The fourth-order valence-corrected chi connectivity index (χ4v) is 2.73. The number of oxime groups is 1. The number of aromatic hydroxyl groups is 1. The van der Waals surface area contributed by atoms with E-state index >= 15 is 0 Å². The van der Waals surface area contributed by atoms with Gasteiger partial charge in [0, 0.05) is 11.6 Å². The molecule has 9 heteroatoms. The van der Waals surface area contributed by atoms with Gasteiger partial charge < -0.3 is 9.94 Å². The van der Waals surface area contributed by atoms with E-state index in [2.05, 4.69) is 5.16 Å². The summed E-state index contributed by atoms with van der Waals surface area (Å²) in [5, 5.41) is 35.7. The van der Waals surface area contributed by atoms with E-state index in [1.807, 2.05) is 18.2 Å². The summed E-state index contributed by atoms with van der Waals surface area (Å²) in [5.74, 6) is -0.0977. The molecule has 1 N–H and O–H groups in total. The summed E-state index contributed by atoms with van der Waals surface area (Å²) >= 11 is 0. The second kappa shape index (κ2) is 8.17. The van der Waals surface area contributed by atoms with Gasteiger partial charge in [0.15, 0.2) is 0 Å². The molecule has 0 amide bonds. The third-order valence-corrected chi connectivity index (χ3v) is 4.10. The zero-order valence-electron chi connectivity index (χ0n) is 15.2. The molecule has 3 aromatic rings. The van der Waals surface area contributed by atoms with Crippen molar-refractivity contribution in [2.24, 2.45) is 5.16 Å². The van der Waals surface area contributed by atoms with Crippen molar-refractivity contribution >= 4 is 17.1 Å². The minimum atomic E-state index is -0.770. The van der Waals surface area contributed by atoms with Crippen molar-refractivity contribution in [3.05, 3.63) is 92.5 Å². The number of phenolic OH excluding ortho intramolecular Hbond substituents is 1. The van der Waals surface area contributed by atoms with Crippen LogP contribution in [-0.2, 0) is 0 Å². The molecule has 3 aromatic carbocycles. The quantitative estimate of drug-likeness (QED) is 0.368. The summed E-state index contributed by atoms with van der Waals surface area (Å²) < 4.78 is 0. The van der Waals surface area contributed by atoms with Crippen LogP contribution in [0.1, 0.15) is 12.5 Å². The smallest absolute Gasteiger partial charge is 0.321 e. The summed E-state index contributed by atoms with van der Waals surface area (Å²) in [7, 11) is 0. The number of nitro benzene ring substituents is 2. The number of phenols is 1. The molecular weight excluding hydrogens is 378 g/mol. The molecular formula is C20H15N3O6. The van der Waals surface area contributed by atoms with Gasteiger partial charge in [0.25, 0.3) is 5.69 Å². The molecule has 9 nitrogen and oxygen atoms in total. The summed E-state index contributed by atoms with van der Waals surface area (Å²) in [5.41, 5.74) is 1.69. The van der Waals surface area contributed by atoms with Gasteiger partial charge >= 0.3 is 5.69 Å². The Morgan fingerprint density at radius 1 is 0.966 bits per heavy atom. The minimum absolute atomic E-state index is 0.115. The van der Waals surface area contributed by atoms with Crippen molar-refractivity contribution in [3.63, 3.8) is 0 Å². The standard InChI is InChI=1S/C20H15N3O6/c1-13(17-7-2-3-8-18(17)14-5-4-6-16(24)11-14)21-29-20-10-9-15(22(25)26)12-19(20)23(27)28/h2-12,24H,1H3/b21-13+. The molecule has 0 unspecified atom stereocenters. The Kier molecular flexibility index (Phi) is 5.49. The maximum Gasteiger partial charge on any atom is 0.321 e. The van der Waals surface area contributed by atoms with Crippen LogP contribution < -0.4 is 4.84 Å². The Morgan fingerprint density at radius 2 is 1.72 bits per heavy atom. The lowest BCUT2D eigenvalue weighted by Crippen LogP contribution is -2.02. The molecule has 0 saturated heterocycles. The van der Waals surface area contributed by atoms with Gasteiger partial charge in [-0.15, -0.1) is 0 Å². The van der Waals surface area contributed by atoms with Crippen LogP contribution in [0.5, 0.6) is 11.5 Å². The van der Waals surface area contributed by atoms with Gasteiger partial charge in [-0.05, 0) is 36.2 Å². The van der Waals surface area contributed by atoms with Crippen LogP contribution in [0.25, 0.3) is 11.1 Å². The number of nitrogens with zero attached hydrogens (tertiary/aromatic N) is 3. The van der Waals surface area contributed by atoms with Crippen LogP contribution in [0.2, 0.25) is 0 Å². The Balaban J connectivity index is 1.96. The molecule has 0 aliphatic heterocycles. The van der Waals surface area contributed by atoms with Crippen LogP contribution in [0.15, 0.2) is 71.9 Å². The van der Waals surface area contributed by atoms with Crippen molar-refractivity contribution in [2.45, 2.75) is 6.92 Å². The molecule has 0 atom stereocenters. The monoisotopic (exact) mass is 393 g/mol. The van der Waals surface area contributed by atoms with Gasteiger partial charge in [0.2, 0.25) is 5.75 Å². The van der Waals surface area contributed by atoms with Crippen molar-refractivity contribution in [1.29, 1.82) is 0 Å². The Bertz CT molecular complexity index is 1130. The van der Waals surface area contributed by atoms with Gasteiger partial charge in [-0.3, -0.25) is 20.2 Å². The number of benzene rings is 3. The SMILES string of the molecule is C/C(=N\Oc1ccc([N+](=O)[O-])cc1[N+](=O)[O-])c1ccccc1-c1cccc(O)c1. The van der Waals surface area contributed by atoms with Gasteiger partial charge in [-0.1, -0.05) is 41.6 Å². The van der Waals surface area contributed by atoms with Crippen molar-refractivity contribution in [1.82, 2.24) is 0 Å². The molecule has 0 aliphatic rings. The van der Waals surface area contributed by atoms with Gasteiger partial charge in [0.1, 0.15) is 5.75 Å². The highest BCUT2D eigenvalue weighted by Gasteiger charge is 2.21. The summed E-state index contributed by atoms with van der Waals surface area (Å²) in [6, 6.07) is 17.0. The average molecular weight is 393 g/mol.